The van der Waals surface area contributed by atoms with Crippen LogP contribution in [0.2, 0.25) is 0 Å². The van der Waals surface area contributed by atoms with Crippen LogP contribution >= 0.6 is 0 Å². The molecular formula is C31H34N4O4. The van der Waals surface area contributed by atoms with Crippen molar-refractivity contribution in [1.82, 2.24) is 19.8 Å². The van der Waals surface area contributed by atoms with E-state index in [4.69, 9.17) is 14.5 Å². The first-order valence-corrected chi connectivity index (χ1v) is 13.9. The number of hydrogen-bond acceptors (Lipinski definition) is 5. The van der Waals surface area contributed by atoms with E-state index in [1.807, 2.05) is 36.4 Å². The molecule has 1 aliphatic carbocycles. The van der Waals surface area contributed by atoms with Crippen LogP contribution in [-0.4, -0.2) is 50.6 Å². The summed E-state index contributed by atoms with van der Waals surface area (Å²) in [5.41, 5.74) is 4.91. The van der Waals surface area contributed by atoms with Gasteiger partial charge in [-0.25, -0.2) is 9.78 Å². The number of benzene rings is 2. The number of fused-ring (bicyclic) bond motifs is 1. The van der Waals surface area contributed by atoms with Gasteiger partial charge in [-0.1, -0.05) is 31.4 Å². The molecule has 0 unspecified atom stereocenters. The van der Waals surface area contributed by atoms with Crippen molar-refractivity contribution in [3.8, 4) is 11.4 Å². The van der Waals surface area contributed by atoms with Crippen LogP contribution in [0.15, 0.2) is 65.5 Å². The number of likely N-dealkylation sites (tertiary alicyclic amines) is 1. The number of nitrogens with zero attached hydrogens (tertiary/aromatic N) is 3. The number of carboxylic acids is 1. The van der Waals surface area contributed by atoms with Gasteiger partial charge in [-0.05, 0) is 67.6 Å². The smallest absolute Gasteiger partial charge is 0.335 e. The van der Waals surface area contributed by atoms with Crippen LogP contribution in [0.25, 0.3) is 22.4 Å². The predicted octanol–water partition coefficient (Wildman–Crippen LogP) is 5.89. The zero-order valence-electron chi connectivity index (χ0n) is 22.0. The number of nitrogens with one attached hydrogen (secondary N) is 1. The molecule has 1 aliphatic heterocycles. The van der Waals surface area contributed by atoms with Crippen LogP contribution in [0, 0.1) is 0 Å². The Bertz CT molecular complexity index is 1440. The Balaban J connectivity index is 1.12. The average Bonchev–Trinajstić information content (AvgIpc) is 3.63. The number of carbonyl (C=O) groups is 2. The number of rotatable bonds is 7. The predicted molar refractivity (Wildman–Crippen MR) is 149 cm³/mol. The van der Waals surface area contributed by atoms with Crippen molar-refractivity contribution in [2.75, 3.05) is 13.1 Å². The lowest BCUT2D eigenvalue weighted by Crippen LogP contribution is -2.44. The highest BCUT2D eigenvalue weighted by Crippen LogP contribution is 2.36. The second-order valence-electron chi connectivity index (χ2n) is 10.8. The molecule has 0 radical (unpaired) electrons. The van der Waals surface area contributed by atoms with E-state index in [0.29, 0.717) is 17.2 Å². The van der Waals surface area contributed by atoms with Crippen LogP contribution in [0.1, 0.15) is 77.3 Å². The zero-order valence-corrected chi connectivity index (χ0v) is 22.0. The molecule has 2 N–H and O–H groups in total. The topological polar surface area (TPSA) is 101 Å². The maximum absolute atomic E-state index is 13.2. The number of aromatic carboxylic acids is 1. The molecule has 1 saturated heterocycles. The molecule has 1 saturated carbocycles. The van der Waals surface area contributed by atoms with Gasteiger partial charge in [0.1, 0.15) is 12.1 Å². The standard InChI is InChI=1S/C31H34N4O4/c36-30(32-25-12-15-34(16-13-25)19-21-6-8-22(9-7-21)31(37)38)23-10-11-28-27(18-23)33-29(24-14-17-39-20-24)35(28)26-4-2-1-3-5-26/h6-11,14,17-18,20,25-26H,1-5,12-13,15-16,19H2,(H,32,36)(H,37,38). The Morgan fingerprint density at radius 1 is 0.949 bits per heavy atom. The Morgan fingerprint density at radius 3 is 2.38 bits per heavy atom. The zero-order chi connectivity index (χ0) is 26.8. The van der Waals surface area contributed by atoms with Gasteiger partial charge in [0, 0.05) is 37.3 Å². The number of imidazole rings is 1. The summed E-state index contributed by atoms with van der Waals surface area (Å²) in [5.74, 6) is -0.0573. The van der Waals surface area contributed by atoms with E-state index in [9.17, 15) is 9.59 Å². The summed E-state index contributed by atoms with van der Waals surface area (Å²) < 4.78 is 7.72. The van der Waals surface area contributed by atoms with Gasteiger partial charge in [-0.2, -0.15) is 0 Å². The molecule has 0 spiro atoms. The van der Waals surface area contributed by atoms with Crippen LogP contribution < -0.4 is 5.32 Å². The van der Waals surface area contributed by atoms with Gasteiger partial charge >= 0.3 is 5.97 Å². The molecule has 0 bridgehead atoms. The molecule has 0 atom stereocenters. The van der Waals surface area contributed by atoms with Crippen molar-refractivity contribution >= 4 is 22.9 Å². The van der Waals surface area contributed by atoms with Gasteiger partial charge in [0.15, 0.2) is 0 Å². The highest BCUT2D eigenvalue weighted by molar-refractivity contribution is 5.98. The lowest BCUT2D eigenvalue weighted by Gasteiger charge is -2.32. The van der Waals surface area contributed by atoms with Crippen LogP contribution in [0.3, 0.4) is 0 Å². The summed E-state index contributed by atoms with van der Waals surface area (Å²) in [7, 11) is 0. The van der Waals surface area contributed by atoms with Crippen molar-refractivity contribution in [2.24, 2.45) is 0 Å². The number of carboxylic acid groups (broad SMARTS) is 1. The van der Waals surface area contributed by atoms with E-state index in [1.54, 1.807) is 24.7 Å². The fourth-order valence-corrected chi connectivity index (χ4v) is 6.06. The Morgan fingerprint density at radius 2 is 1.69 bits per heavy atom. The fraction of sp³-hybridized carbons (Fsp3) is 0.387. The molecule has 1 amide bonds. The largest absolute Gasteiger partial charge is 0.478 e. The molecule has 2 aromatic carbocycles. The SMILES string of the molecule is O=C(O)c1ccc(CN2CCC(NC(=O)c3ccc4c(c3)nc(-c3ccoc3)n4C3CCCCC3)CC2)cc1. The first kappa shape index (κ1) is 25.4. The molecule has 6 rings (SSSR count). The average molecular weight is 527 g/mol. The van der Waals surface area contributed by atoms with Crippen LogP contribution in [-0.2, 0) is 6.54 Å². The van der Waals surface area contributed by atoms with Crippen LogP contribution in [0.5, 0.6) is 0 Å². The summed E-state index contributed by atoms with van der Waals surface area (Å²) in [4.78, 5) is 31.6. The van der Waals surface area contributed by atoms with Gasteiger partial charge in [0.2, 0.25) is 0 Å². The second-order valence-corrected chi connectivity index (χ2v) is 10.8. The van der Waals surface area contributed by atoms with Gasteiger partial charge in [0.25, 0.3) is 5.91 Å². The minimum absolute atomic E-state index is 0.0586. The van der Waals surface area contributed by atoms with E-state index >= 15 is 0 Å². The Hall–Kier alpha value is -3.91. The summed E-state index contributed by atoms with van der Waals surface area (Å²) in [6, 6.07) is 15.4. The van der Waals surface area contributed by atoms with E-state index in [-0.39, 0.29) is 11.9 Å². The minimum atomic E-state index is -0.909. The molecular weight excluding hydrogens is 492 g/mol. The first-order valence-electron chi connectivity index (χ1n) is 13.9. The highest BCUT2D eigenvalue weighted by atomic mass is 16.4. The lowest BCUT2D eigenvalue weighted by atomic mass is 9.95. The number of aromatic nitrogens is 2. The van der Waals surface area contributed by atoms with E-state index in [2.05, 4.69) is 14.8 Å². The number of carbonyl (C=O) groups excluding carboxylic acids is 1. The van der Waals surface area contributed by atoms with Crippen molar-refractivity contribution < 1.29 is 19.1 Å². The maximum atomic E-state index is 13.2. The van der Waals surface area contributed by atoms with E-state index < -0.39 is 5.97 Å². The van der Waals surface area contributed by atoms with Crippen molar-refractivity contribution in [2.45, 2.75) is 63.6 Å². The monoisotopic (exact) mass is 526 g/mol. The number of hydrogen-bond donors (Lipinski definition) is 2. The fourth-order valence-electron chi connectivity index (χ4n) is 6.06. The molecule has 2 fully saturated rings. The van der Waals surface area contributed by atoms with Crippen LogP contribution in [0.4, 0.5) is 0 Å². The number of piperidine rings is 1. The van der Waals surface area contributed by atoms with E-state index in [0.717, 1.165) is 73.3 Å². The summed E-state index contributed by atoms with van der Waals surface area (Å²) in [5, 5.41) is 12.3. The van der Waals surface area contributed by atoms with Crippen molar-refractivity contribution in [3.05, 3.63) is 77.7 Å². The Labute approximate surface area is 227 Å². The van der Waals surface area contributed by atoms with Gasteiger partial charge < -0.3 is 19.4 Å². The molecule has 8 heteroatoms. The van der Waals surface area contributed by atoms with Crippen molar-refractivity contribution in [1.29, 1.82) is 0 Å². The second kappa shape index (κ2) is 11.1. The molecule has 2 aliphatic rings. The quantitative estimate of drug-likeness (QED) is 0.311. The summed E-state index contributed by atoms with van der Waals surface area (Å²) >= 11 is 0. The van der Waals surface area contributed by atoms with Crippen molar-refractivity contribution in [3.63, 3.8) is 0 Å². The highest BCUT2D eigenvalue weighted by Gasteiger charge is 2.25. The minimum Gasteiger partial charge on any atom is -0.478 e. The Kier molecular flexibility index (Phi) is 7.20. The normalized spacial score (nSPS) is 17.4. The molecule has 202 valence electrons. The maximum Gasteiger partial charge on any atom is 0.335 e. The third-order valence-corrected chi connectivity index (χ3v) is 8.20. The van der Waals surface area contributed by atoms with Gasteiger partial charge in [0.05, 0.1) is 28.4 Å². The molecule has 8 nitrogen and oxygen atoms in total. The van der Waals surface area contributed by atoms with E-state index in [1.165, 1.54) is 19.3 Å². The first-order chi connectivity index (χ1) is 19.0. The third kappa shape index (κ3) is 5.47. The lowest BCUT2D eigenvalue weighted by molar-refractivity contribution is 0.0696. The summed E-state index contributed by atoms with van der Waals surface area (Å²) in [6.07, 6.45) is 11.2. The third-order valence-electron chi connectivity index (χ3n) is 8.20. The molecule has 39 heavy (non-hydrogen) atoms. The number of furan rings is 1. The molecule has 2 aromatic heterocycles. The molecule has 4 aromatic rings. The summed E-state index contributed by atoms with van der Waals surface area (Å²) in [6.45, 7) is 2.54. The number of amides is 1. The van der Waals surface area contributed by atoms with Gasteiger partial charge in [-0.15, -0.1) is 0 Å². The molecule has 3 heterocycles. The van der Waals surface area contributed by atoms with Gasteiger partial charge in [-0.3, -0.25) is 9.69 Å².